The molecule has 4 rings (SSSR count). The number of carbonyl (C=O) groups excluding carboxylic acids is 3. The number of fused-ring (bicyclic) bond motifs is 1. The lowest BCUT2D eigenvalue weighted by molar-refractivity contribution is -0.150. The molecular weight excluding hydrogens is 467 g/mol. The number of benzene rings is 2. The highest BCUT2D eigenvalue weighted by Gasteiger charge is 2.54. The fraction of sp³-hybridized carbons (Fsp3) is 0.217. The number of β-lactam (4-membered cyclic amide) rings is 1. The zero-order valence-corrected chi connectivity index (χ0v) is 18.8. The van der Waals surface area contributed by atoms with E-state index in [0.717, 1.165) is 11.8 Å². The summed E-state index contributed by atoms with van der Waals surface area (Å²) in [6, 6.07) is 13.3. The Hall–Kier alpha value is -3.11. The second kappa shape index (κ2) is 9.80. The Labute approximate surface area is 197 Å². The Morgan fingerprint density at radius 3 is 2.48 bits per heavy atom. The lowest BCUT2D eigenvalue weighted by Gasteiger charge is -2.49. The zero-order valence-electron chi connectivity index (χ0n) is 17.2. The minimum atomic E-state index is -1.24. The number of halogens is 1. The van der Waals surface area contributed by atoms with E-state index in [1.165, 1.54) is 40.9 Å². The summed E-state index contributed by atoms with van der Waals surface area (Å²) in [5, 5.41) is 11.7. The zero-order chi connectivity index (χ0) is 23.5. The third-order valence-corrected chi connectivity index (χ3v) is 7.56. The van der Waals surface area contributed by atoms with Gasteiger partial charge in [-0.1, -0.05) is 54.2 Å². The number of aliphatic carboxylic acids is 1. The molecule has 0 aromatic heterocycles. The minimum Gasteiger partial charge on any atom is -0.477 e. The molecule has 0 spiro atoms. The van der Waals surface area contributed by atoms with Gasteiger partial charge >= 0.3 is 5.97 Å². The monoisotopic (exact) mass is 486 g/mol. The number of carboxylic acids is 1. The van der Waals surface area contributed by atoms with Gasteiger partial charge in [0.1, 0.15) is 22.9 Å². The number of thioether (sulfide) groups is 2. The van der Waals surface area contributed by atoms with Gasteiger partial charge in [0.15, 0.2) is 0 Å². The maximum atomic E-state index is 13.0. The fourth-order valence-electron chi connectivity index (χ4n) is 3.62. The topological polar surface area (TPSA) is 104 Å². The predicted octanol–water partition coefficient (Wildman–Crippen LogP) is 2.68. The largest absolute Gasteiger partial charge is 0.477 e. The summed E-state index contributed by atoms with van der Waals surface area (Å²) in [5.41, 5.74) is 1.48. The predicted molar refractivity (Wildman–Crippen MR) is 123 cm³/mol. The Kier molecular flexibility index (Phi) is 6.85. The molecule has 2 atom stereocenters. The highest BCUT2D eigenvalue weighted by Crippen LogP contribution is 2.41. The number of carbonyl (C=O) groups is 4. The second-order valence-corrected chi connectivity index (χ2v) is 9.51. The van der Waals surface area contributed by atoms with Gasteiger partial charge in [0, 0.05) is 17.1 Å². The molecule has 7 nitrogen and oxygen atoms in total. The van der Waals surface area contributed by atoms with Gasteiger partial charge in [-0.25, -0.2) is 9.18 Å². The fourth-order valence-corrected chi connectivity index (χ4v) is 5.94. The van der Waals surface area contributed by atoms with Crippen LogP contribution in [0.5, 0.6) is 0 Å². The molecule has 2 N–H and O–H groups in total. The first kappa shape index (κ1) is 23.1. The average Bonchev–Trinajstić information content (AvgIpc) is 2.82. The summed E-state index contributed by atoms with van der Waals surface area (Å²) in [7, 11) is 0. The minimum absolute atomic E-state index is 0.0213. The highest BCUT2D eigenvalue weighted by atomic mass is 32.2. The molecule has 2 heterocycles. The number of nitrogens with one attached hydrogen (secondary N) is 1. The molecule has 2 aromatic rings. The standard InChI is InChI=1S/C23H19FN2O5S2/c24-16-8-6-13(7-9-16)10-17(27)25-18-20(28)26-19(22(29)30)15(11-32-21(18)26)12-33-23(31)14-4-2-1-3-5-14/h1-9,18,21H,10-12H2,(H,25,27)(H,29,30). The van der Waals surface area contributed by atoms with Crippen molar-refractivity contribution >= 4 is 46.4 Å². The van der Waals surface area contributed by atoms with E-state index in [1.54, 1.807) is 30.3 Å². The molecule has 2 aliphatic rings. The van der Waals surface area contributed by atoms with Gasteiger partial charge in [-0.3, -0.25) is 19.3 Å². The molecule has 33 heavy (non-hydrogen) atoms. The van der Waals surface area contributed by atoms with E-state index in [2.05, 4.69) is 5.32 Å². The number of hydrogen-bond acceptors (Lipinski definition) is 6. The maximum absolute atomic E-state index is 13.0. The van der Waals surface area contributed by atoms with Crippen molar-refractivity contribution in [1.82, 2.24) is 10.2 Å². The number of hydrogen-bond donors (Lipinski definition) is 2. The van der Waals surface area contributed by atoms with Crippen LogP contribution in [0.4, 0.5) is 4.39 Å². The van der Waals surface area contributed by atoms with Crippen LogP contribution in [-0.4, -0.2) is 55.8 Å². The van der Waals surface area contributed by atoms with Gasteiger partial charge in [0.2, 0.25) is 11.0 Å². The molecule has 1 saturated heterocycles. The van der Waals surface area contributed by atoms with Crippen LogP contribution in [0.3, 0.4) is 0 Å². The summed E-state index contributed by atoms with van der Waals surface area (Å²) in [4.78, 5) is 50.6. The van der Waals surface area contributed by atoms with Crippen LogP contribution in [0, 0.1) is 5.82 Å². The number of rotatable bonds is 7. The third-order valence-electron chi connectivity index (χ3n) is 5.23. The van der Waals surface area contributed by atoms with E-state index in [4.69, 9.17) is 0 Å². The molecule has 10 heteroatoms. The van der Waals surface area contributed by atoms with Crippen molar-refractivity contribution in [2.75, 3.05) is 11.5 Å². The number of nitrogens with zero attached hydrogens (tertiary/aromatic N) is 1. The van der Waals surface area contributed by atoms with Crippen molar-refractivity contribution in [3.05, 3.63) is 82.8 Å². The molecular formula is C23H19FN2O5S2. The van der Waals surface area contributed by atoms with Crippen molar-refractivity contribution in [2.45, 2.75) is 17.8 Å². The Bertz CT molecular complexity index is 1140. The van der Waals surface area contributed by atoms with Gasteiger partial charge in [0.25, 0.3) is 5.91 Å². The normalized spacial score (nSPS) is 19.5. The number of carboxylic acid groups (broad SMARTS) is 1. The Morgan fingerprint density at radius 1 is 1.12 bits per heavy atom. The Balaban J connectivity index is 1.41. The molecule has 2 amide bonds. The lowest BCUT2D eigenvalue weighted by atomic mass is 10.0. The molecule has 0 bridgehead atoms. The summed E-state index contributed by atoms with van der Waals surface area (Å²) in [6.07, 6.45) is -0.0213. The van der Waals surface area contributed by atoms with E-state index >= 15 is 0 Å². The van der Waals surface area contributed by atoms with Crippen LogP contribution in [0.15, 0.2) is 65.9 Å². The third kappa shape index (κ3) is 4.96. The second-order valence-electron chi connectivity index (χ2n) is 7.46. The molecule has 170 valence electrons. The van der Waals surface area contributed by atoms with Crippen LogP contribution in [-0.2, 0) is 20.8 Å². The van der Waals surface area contributed by atoms with Crippen molar-refractivity contribution in [1.29, 1.82) is 0 Å². The molecule has 0 aliphatic carbocycles. The average molecular weight is 487 g/mol. The van der Waals surface area contributed by atoms with Crippen molar-refractivity contribution in [3.8, 4) is 0 Å². The lowest BCUT2D eigenvalue weighted by Crippen LogP contribution is -2.70. The van der Waals surface area contributed by atoms with Gasteiger partial charge in [-0.05, 0) is 23.3 Å². The van der Waals surface area contributed by atoms with Crippen LogP contribution < -0.4 is 5.32 Å². The molecule has 2 aliphatic heterocycles. The maximum Gasteiger partial charge on any atom is 0.352 e. The number of amides is 2. The van der Waals surface area contributed by atoms with Gasteiger partial charge < -0.3 is 10.4 Å². The van der Waals surface area contributed by atoms with Crippen LogP contribution in [0.25, 0.3) is 0 Å². The molecule has 0 saturated carbocycles. The van der Waals surface area contributed by atoms with Crippen LogP contribution in [0.1, 0.15) is 15.9 Å². The van der Waals surface area contributed by atoms with Crippen molar-refractivity contribution < 1.29 is 28.7 Å². The van der Waals surface area contributed by atoms with E-state index in [0.29, 0.717) is 22.5 Å². The first-order valence-electron chi connectivity index (χ1n) is 10.0. The molecule has 1 fully saturated rings. The molecule has 2 aromatic carbocycles. The summed E-state index contributed by atoms with van der Waals surface area (Å²) in [5.74, 6) is -2.08. The quantitative estimate of drug-likeness (QED) is 0.580. The van der Waals surface area contributed by atoms with E-state index in [1.807, 2.05) is 0 Å². The first-order valence-corrected chi connectivity index (χ1v) is 12.0. The SMILES string of the molecule is O=C(Cc1ccc(F)cc1)NC1C(=O)N2C(C(=O)O)=C(CSC(=O)c3ccccc3)CSC12. The van der Waals surface area contributed by atoms with Crippen LogP contribution in [0.2, 0.25) is 0 Å². The summed E-state index contributed by atoms with van der Waals surface area (Å²) in [6.45, 7) is 0. The summed E-state index contributed by atoms with van der Waals surface area (Å²) < 4.78 is 13.0. The first-order chi connectivity index (χ1) is 15.8. The van der Waals surface area contributed by atoms with Gasteiger partial charge in [0.05, 0.1) is 6.42 Å². The Morgan fingerprint density at radius 2 is 1.82 bits per heavy atom. The highest BCUT2D eigenvalue weighted by molar-refractivity contribution is 8.14. The van der Waals surface area contributed by atoms with E-state index < -0.39 is 35.0 Å². The van der Waals surface area contributed by atoms with Crippen LogP contribution >= 0.6 is 23.5 Å². The van der Waals surface area contributed by atoms with Crippen molar-refractivity contribution in [2.24, 2.45) is 0 Å². The van der Waals surface area contributed by atoms with Gasteiger partial charge in [-0.2, -0.15) is 0 Å². The molecule has 2 unspecified atom stereocenters. The van der Waals surface area contributed by atoms with E-state index in [-0.39, 0.29) is 23.0 Å². The smallest absolute Gasteiger partial charge is 0.352 e. The van der Waals surface area contributed by atoms with Crippen molar-refractivity contribution in [3.63, 3.8) is 0 Å². The summed E-state index contributed by atoms with van der Waals surface area (Å²) >= 11 is 2.34. The van der Waals surface area contributed by atoms with E-state index in [9.17, 15) is 28.7 Å². The molecule has 0 radical (unpaired) electrons. The van der Waals surface area contributed by atoms with Gasteiger partial charge in [-0.15, -0.1) is 11.8 Å².